The Hall–Kier alpha value is -3.41. The van der Waals surface area contributed by atoms with Crippen LogP contribution < -0.4 is 9.47 Å². The minimum atomic E-state index is -0.661. The first-order valence-corrected chi connectivity index (χ1v) is 10.7. The van der Waals surface area contributed by atoms with E-state index >= 15 is 0 Å². The van der Waals surface area contributed by atoms with Gasteiger partial charge < -0.3 is 19.3 Å². The zero-order valence-electron chi connectivity index (χ0n) is 17.3. The van der Waals surface area contributed by atoms with Crippen molar-refractivity contribution in [2.24, 2.45) is 4.99 Å². The maximum Gasteiger partial charge on any atom is 0.344 e. The molecule has 1 aliphatic rings. The fourth-order valence-electron chi connectivity index (χ4n) is 2.83. The number of methoxy groups -OCH3 is 1. The molecule has 2 aromatic rings. The fraction of sp³-hybridized carbons (Fsp3) is 0.174. The van der Waals surface area contributed by atoms with E-state index in [4.69, 9.17) is 31.1 Å². The number of thioether (sulfide) groups is 1. The molecule has 164 valence electrons. The van der Waals surface area contributed by atoms with E-state index in [9.17, 15) is 9.90 Å². The first kappa shape index (κ1) is 23.3. The summed E-state index contributed by atoms with van der Waals surface area (Å²) in [4.78, 5) is 17.4. The van der Waals surface area contributed by atoms with Gasteiger partial charge in [-0.15, -0.1) is 0 Å². The van der Waals surface area contributed by atoms with Gasteiger partial charge in [-0.25, -0.2) is 9.79 Å². The van der Waals surface area contributed by atoms with Gasteiger partial charge in [0, 0.05) is 0 Å². The second-order valence-electron chi connectivity index (χ2n) is 6.29. The molecule has 0 saturated carbocycles. The molecular weight excluding hydrogens is 452 g/mol. The minimum Gasteiger partial charge on any atom is -0.506 e. The van der Waals surface area contributed by atoms with Crippen molar-refractivity contribution in [1.82, 2.24) is 0 Å². The molecule has 3 rings (SSSR count). The third-order valence-corrected chi connectivity index (χ3v) is 5.49. The normalized spacial score (nSPS) is 15.7. The molecule has 0 radical (unpaired) electrons. The van der Waals surface area contributed by atoms with E-state index in [1.165, 1.54) is 7.11 Å². The topological polar surface area (TPSA) is 101 Å². The molecule has 0 bridgehead atoms. The molecular formula is C23H19ClN2O5S. The third kappa shape index (κ3) is 5.25. The first-order valence-electron chi connectivity index (χ1n) is 9.50. The van der Waals surface area contributed by atoms with Crippen molar-refractivity contribution in [2.45, 2.75) is 6.92 Å². The molecule has 0 spiro atoms. The second-order valence-corrected chi connectivity index (χ2v) is 7.73. The molecule has 0 unspecified atom stereocenters. The van der Waals surface area contributed by atoms with Crippen LogP contribution >= 0.6 is 23.4 Å². The summed E-state index contributed by atoms with van der Waals surface area (Å²) in [6, 6.07) is 14.2. The number of rotatable bonds is 7. The lowest BCUT2D eigenvalue weighted by Gasteiger charge is -2.11. The van der Waals surface area contributed by atoms with Gasteiger partial charge in [-0.2, -0.15) is 5.26 Å². The number of esters is 1. The van der Waals surface area contributed by atoms with Crippen molar-refractivity contribution >= 4 is 46.1 Å². The smallest absolute Gasteiger partial charge is 0.344 e. The number of aliphatic hydroxyl groups is 1. The molecule has 9 heteroatoms. The van der Waals surface area contributed by atoms with Crippen LogP contribution in [-0.2, 0) is 9.53 Å². The van der Waals surface area contributed by atoms with Crippen molar-refractivity contribution in [2.75, 3.05) is 20.3 Å². The van der Waals surface area contributed by atoms with Crippen molar-refractivity contribution < 1.29 is 24.1 Å². The molecule has 2 aromatic carbocycles. The summed E-state index contributed by atoms with van der Waals surface area (Å²) < 4.78 is 15.8. The average Bonchev–Trinajstić information content (AvgIpc) is 3.08. The number of aliphatic hydroxyl groups excluding tert-OH is 1. The van der Waals surface area contributed by atoms with Crippen molar-refractivity contribution in [3.05, 3.63) is 69.3 Å². The molecule has 0 aliphatic carbocycles. The summed E-state index contributed by atoms with van der Waals surface area (Å²) in [7, 11) is 1.45. The second kappa shape index (κ2) is 10.8. The number of nitrogens with zero attached hydrogens (tertiary/aromatic N) is 2. The predicted octanol–water partition coefficient (Wildman–Crippen LogP) is 5.44. The maximum absolute atomic E-state index is 12.5. The van der Waals surface area contributed by atoms with Crippen LogP contribution in [0.4, 0.5) is 5.69 Å². The zero-order valence-corrected chi connectivity index (χ0v) is 18.9. The number of benzene rings is 2. The highest BCUT2D eigenvalue weighted by atomic mass is 35.5. The molecule has 0 amide bonds. The Balaban J connectivity index is 2.04. The van der Waals surface area contributed by atoms with Gasteiger partial charge in [-0.1, -0.05) is 41.6 Å². The molecule has 0 saturated heterocycles. The molecule has 1 aliphatic heterocycles. The number of aliphatic imine (C=N–C) groups is 1. The lowest BCUT2D eigenvalue weighted by Crippen LogP contribution is -2.12. The van der Waals surface area contributed by atoms with Crippen LogP contribution in [-0.4, -0.2) is 36.4 Å². The van der Waals surface area contributed by atoms with E-state index in [2.05, 4.69) is 4.99 Å². The van der Waals surface area contributed by atoms with E-state index in [1.807, 2.05) is 24.3 Å². The van der Waals surface area contributed by atoms with Gasteiger partial charge in [-0.3, -0.25) is 0 Å². The van der Waals surface area contributed by atoms with Crippen molar-refractivity contribution in [3.8, 4) is 17.6 Å². The van der Waals surface area contributed by atoms with Gasteiger partial charge in [0.25, 0.3) is 0 Å². The number of halogens is 1. The fourth-order valence-corrected chi connectivity index (χ4v) is 4.14. The van der Waals surface area contributed by atoms with E-state index in [1.54, 1.807) is 37.3 Å². The van der Waals surface area contributed by atoms with E-state index in [0.29, 0.717) is 26.9 Å². The largest absolute Gasteiger partial charge is 0.506 e. The predicted molar refractivity (Wildman–Crippen MR) is 125 cm³/mol. The number of para-hydroxylation sites is 1. The monoisotopic (exact) mass is 470 g/mol. The lowest BCUT2D eigenvalue weighted by molar-refractivity contribution is -0.138. The Morgan fingerprint density at radius 2 is 2.06 bits per heavy atom. The van der Waals surface area contributed by atoms with Crippen LogP contribution in [0.2, 0.25) is 5.02 Å². The Bertz CT molecular complexity index is 1150. The number of hydrogen-bond acceptors (Lipinski definition) is 8. The summed E-state index contributed by atoms with van der Waals surface area (Å²) >= 11 is 7.44. The maximum atomic E-state index is 12.5. The van der Waals surface area contributed by atoms with Crippen molar-refractivity contribution in [1.29, 1.82) is 5.26 Å². The summed E-state index contributed by atoms with van der Waals surface area (Å²) in [5.74, 6) is -0.320. The van der Waals surface area contributed by atoms with Gasteiger partial charge in [0.1, 0.15) is 22.4 Å². The zero-order chi connectivity index (χ0) is 23.1. The van der Waals surface area contributed by atoms with Gasteiger partial charge in [-0.05, 0) is 42.8 Å². The quantitative estimate of drug-likeness (QED) is 0.537. The number of ether oxygens (including phenoxy) is 3. The van der Waals surface area contributed by atoms with Crippen LogP contribution in [0.5, 0.6) is 11.5 Å². The van der Waals surface area contributed by atoms with Crippen LogP contribution in [0.15, 0.2) is 63.7 Å². The van der Waals surface area contributed by atoms with E-state index < -0.39 is 5.97 Å². The molecule has 7 nitrogen and oxygen atoms in total. The average molecular weight is 471 g/mol. The van der Waals surface area contributed by atoms with Crippen LogP contribution in [0, 0.1) is 11.3 Å². The summed E-state index contributed by atoms with van der Waals surface area (Å²) in [6.45, 7) is 1.67. The standard InChI is InChI=1S/C23H19ClN2O5S/c1-3-30-23(28)19-20(27)18(32-22(19)26-15-7-5-4-6-8-15)13-14-11-16(24)21(31-10-9-25)17(12-14)29-2/h4-8,11-13,27H,3,10H2,1-2H3/b18-13-,26-22?. The molecule has 0 fully saturated rings. The summed E-state index contributed by atoms with van der Waals surface area (Å²) in [6.07, 6.45) is 1.65. The molecule has 32 heavy (non-hydrogen) atoms. The first-order chi connectivity index (χ1) is 15.5. The van der Waals surface area contributed by atoms with Crippen LogP contribution in [0.25, 0.3) is 6.08 Å². The Morgan fingerprint density at radius 1 is 1.31 bits per heavy atom. The SMILES string of the molecule is CCOC(=O)C1=C(O)/C(=C/c2cc(Cl)c(OCC#N)c(OC)c2)SC1=Nc1ccccc1. The molecule has 1 heterocycles. The van der Waals surface area contributed by atoms with Gasteiger partial charge in [0.2, 0.25) is 0 Å². The number of nitriles is 1. The summed E-state index contributed by atoms with van der Waals surface area (Å²) in [5, 5.41) is 20.1. The molecule has 0 aromatic heterocycles. The molecule has 1 N–H and O–H groups in total. The Labute approximate surface area is 194 Å². The van der Waals surface area contributed by atoms with E-state index in [-0.39, 0.29) is 35.3 Å². The highest BCUT2D eigenvalue weighted by Gasteiger charge is 2.33. The Morgan fingerprint density at radius 3 is 2.72 bits per heavy atom. The van der Waals surface area contributed by atoms with Gasteiger partial charge >= 0.3 is 5.97 Å². The van der Waals surface area contributed by atoms with Gasteiger partial charge in [0.05, 0.1) is 29.3 Å². The molecule has 0 atom stereocenters. The Kier molecular flexibility index (Phi) is 7.82. The highest BCUT2D eigenvalue weighted by Crippen LogP contribution is 2.42. The number of carbonyl (C=O) groups is 1. The number of hydrogen-bond donors (Lipinski definition) is 1. The van der Waals surface area contributed by atoms with Crippen LogP contribution in [0.3, 0.4) is 0 Å². The highest BCUT2D eigenvalue weighted by molar-refractivity contribution is 8.18. The van der Waals surface area contributed by atoms with Crippen LogP contribution in [0.1, 0.15) is 12.5 Å². The summed E-state index contributed by atoms with van der Waals surface area (Å²) in [5.41, 5.74) is 1.22. The van der Waals surface area contributed by atoms with Gasteiger partial charge in [0.15, 0.2) is 18.1 Å². The third-order valence-electron chi connectivity index (χ3n) is 4.19. The minimum absolute atomic E-state index is 0.000936. The van der Waals surface area contributed by atoms with E-state index in [0.717, 1.165) is 11.8 Å². The number of carbonyl (C=O) groups excluding carboxylic acids is 1. The lowest BCUT2D eigenvalue weighted by atomic mass is 10.1. The van der Waals surface area contributed by atoms with Crippen molar-refractivity contribution in [3.63, 3.8) is 0 Å².